The van der Waals surface area contributed by atoms with Crippen LogP contribution in [0, 0.1) is 0 Å². The average Bonchev–Trinajstić information content (AvgIpc) is 2.24. The van der Waals surface area contributed by atoms with Gasteiger partial charge in [-0.2, -0.15) is 13.2 Å². The van der Waals surface area contributed by atoms with Gasteiger partial charge in [0, 0.05) is 11.5 Å². The Bertz CT molecular complexity index is 459. The standard InChI is InChI=1S/C9H6BrF6NO2/c1-18-7-6(19-9(14,15)16)5(8(11,12)13)4(2-10)3-17-7/h3H,2H2,1H3. The molecule has 1 aromatic heterocycles. The van der Waals surface area contributed by atoms with Gasteiger partial charge in [0.25, 0.3) is 5.88 Å². The van der Waals surface area contributed by atoms with E-state index in [9.17, 15) is 26.3 Å². The lowest BCUT2D eigenvalue weighted by molar-refractivity contribution is -0.276. The minimum atomic E-state index is -5.29. The molecule has 0 unspecified atom stereocenters. The van der Waals surface area contributed by atoms with Crippen molar-refractivity contribution >= 4 is 15.9 Å². The molecule has 0 saturated heterocycles. The lowest BCUT2D eigenvalue weighted by atomic mass is 10.1. The first kappa shape index (κ1) is 15.9. The number of ether oxygens (including phenoxy) is 2. The molecule has 0 N–H and O–H groups in total. The molecule has 0 saturated carbocycles. The summed E-state index contributed by atoms with van der Waals surface area (Å²) in [5.74, 6) is -2.39. The zero-order valence-corrected chi connectivity index (χ0v) is 10.8. The first-order valence-corrected chi connectivity index (χ1v) is 5.67. The van der Waals surface area contributed by atoms with Gasteiger partial charge in [0.05, 0.1) is 7.11 Å². The van der Waals surface area contributed by atoms with Gasteiger partial charge in [-0.3, -0.25) is 0 Å². The monoisotopic (exact) mass is 353 g/mol. The Kier molecular flexibility index (Phi) is 4.54. The molecule has 0 spiro atoms. The minimum Gasteiger partial charge on any atom is -0.478 e. The van der Waals surface area contributed by atoms with E-state index in [1.807, 2.05) is 0 Å². The lowest BCUT2D eigenvalue weighted by Gasteiger charge is -2.19. The molecule has 0 fully saturated rings. The number of nitrogens with zero attached hydrogens (tertiary/aromatic N) is 1. The Morgan fingerprint density at radius 3 is 2.16 bits per heavy atom. The van der Waals surface area contributed by atoms with Gasteiger partial charge in [-0.25, -0.2) is 4.98 Å². The van der Waals surface area contributed by atoms with Crippen molar-refractivity contribution in [1.82, 2.24) is 4.98 Å². The fourth-order valence-electron chi connectivity index (χ4n) is 1.28. The van der Waals surface area contributed by atoms with Gasteiger partial charge in [-0.05, 0) is 5.56 Å². The number of halogens is 7. The van der Waals surface area contributed by atoms with Crippen molar-refractivity contribution in [2.45, 2.75) is 17.9 Å². The molecule has 0 aliphatic carbocycles. The maximum Gasteiger partial charge on any atom is 0.573 e. The van der Waals surface area contributed by atoms with Gasteiger partial charge in [0.15, 0.2) is 0 Å². The van der Waals surface area contributed by atoms with E-state index in [0.717, 1.165) is 13.3 Å². The third kappa shape index (κ3) is 3.88. The van der Waals surface area contributed by atoms with Crippen molar-refractivity contribution in [3.05, 3.63) is 17.3 Å². The fraction of sp³-hybridized carbons (Fsp3) is 0.444. The first-order valence-electron chi connectivity index (χ1n) is 4.55. The van der Waals surface area contributed by atoms with Gasteiger partial charge in [-0.1, -0.05) is 15.9 Å². The maximum atomic E-state index is 12.8. The van der Waals surface area contributed by atoms with E-state index in [1.165, 1.54) is 0 Å². The Morgan fingerprint density at radius 2 is 1.79 bits per heavy atom. The Labute approximate surface area is 111 Å². The van der Waals surface area contributed by atoms with Gasteiger partial charge in [0.2, 0.25) is 5.75 Å². The lowest BCUT2D eigenvalue weighted by Crippen LogP contribution is -2.22. The van der Waals surface area contributed by atoms with E-state index in [4.69, 9.17) is 0 Å². The van der Waals surface area contributed by atoms with Crippen LogP contribution in [0.5, 0.6) is 11.6 Å². The molecule has 0 atom stereocenters. The summed E-state index contributed by atoms with van der Waals surface area (Å²) in [6.07, 6.45) is -9.57. The van der Waals surface area contributed by atoms with Crippen LogP contribution in [-0.4, -0.2) is 18.5 Å². The van der Waals surface area contributed by atoms with Crippen molar-refractivity contribution in [2.75, 3.05) is 7.11 Å². The van der Waals surface area contributed by atoms with Gasteiger partial charge in [0.1, 0.15) is 5.56 Å². The van der Waals surface area contributed by atoms with E-state index in [2.05, 4.69) is 30.4 Å². The van der Waals surface area contributed by atoms with Crippen LogP contribution in [0.25, 0.3) is 0 Å². The van der Waals surface area contributed by atoms with Crippen LogP contribution < -0.4 is 9.47 Å². The van der Waals surface area contributed by atoms with E-state index in [0.29, 0.717) is 0 Å². The topological polar surface area (TPSA) is 31.4 Å². The second-order valence-electron chi connectivity index (χ2n) is 3.18. The van der Waals surface area contributed by atoms with Gasteiger partial charge >= 0.3 is 12.5 Å². The Hall–Kier alpha value is -1.19. The number of aromatic nitrogens is 1. The van der Waals surface area contributed by atoms with Crippen LogP contribution in [-0.2, 0) is 11.5 Å². The fourth-order valence-corrected chi connectivity index (χ4v) is 1.71. The van der Waals surface area contributed by atoms with Crippen LogP contribution in [0.1, 0.15) is 11.1 Å². The Morgan fingerprint density at radius 1 is 1.21 bits per heavy atom. The highest BCUT2D eigenvalue weighted by atomic mass is 79.9. The molecule has 0 aliphatic rings. The smallest absolute Gasteiger partial charge is 0.478 e. The number of hydrogen-bond donors (Lipinski definition) is 0. The predicted octanol–water partition coefficient (Wildman–Crippen LogP) is 3.90. The van der Waals surface area contributed by atoms with E-state index in [-0.39, 0.29) is 5.33 Å². The summed E-state index contributed by atoms with van der Waals surface area (Å²) >= 11 is 2.74. The van der Waals surface area contributed by atoms with Crippen LogP contribution in [0.3, 0.4) is 0 Å². The van der Waals surface area contributed by atoms with Crippen molar-refractivity contribution in [3.63, 3.8) is 0 Å². The minimum absolute atomic E-state index is 0.340. The second kappa shape index (κ2) is 5.43. The van der Waals surface area contributed by atoms with Gasteiger partial charge in [-0.15, -0.1) is 13.2 Å². The molecule has 1 rings (SSSR count). The molecule has 1 aromatic rings. The summed E-state index contributed by atoms with van der Waals surface area (Å²) in [7, 11) is 0.888. The van der Waals surface area contributed by atoms with E-state index < -0.39 is 35.3 Å². The van der Waals surface area contributed by atoms with Crippen molar-refractivity contribution < 1.29 is 35.8 Å². The first-order chi connectivity index (χ1) is 8.60. The second-order valence-corrected chi connectivity index (χ2v) is 3.74. The average molecular weight is 354 g/mol. The molecule has 0 aromatic carbocycles. The van der Waals surface area contributed by atoms with Crippen molar-refractivity contribution in [2.24, 2.45) is 0 Å². The zero-order valence-electron chi connectivity index (χ0n) is 9.19. The molecular formula is C9H6BrF6NO2. The van der Waals surface area contributed by atoms with Crippen molar-refractivity contribution in [3.8, 4) is 11.6 Å². The Balaban J connectivity index is 3.53. The van der Waals surface area contributed by atoms with Crippen LogP contribution in [0.2, 0.25) is 0 Å². The third-order valence-electron chi connectivity index (χ3n) is 1.92. The number of alkyl halides is 7. The van der Waals surface area contributed by atoms with Crippen LogP contribution >= 0.6 is 15.9 Å². The number of rotatable bonds is 3. The molecule has 10 heteroatoms. The summed E-state index contributed by atoms with van der Waals surface area (Å²) in [6.45, 7) is 0. The molecule has 19 heavy (non-hydrogen) atoms. The third-order valence-corrected chi connectivity index (χ3v) is 2.52. The number of hydrogen-bond acceptors (Lipinski definition) is 3. The molecule has 0 bridgehead atoms. The SMILES string of the molecule is COc1ncc(CBr)c(C(F)(F)F)c1OC(F)(F)F. The quantitative estimate of drug-likeness (QED) is 0.610. The van der Waals surface area contributed by atoms with Gasteiger partial charge < -0.3 is 9.47 Å². The molecular weight excluding hydrogens is 348 g/mol. The molecule has 1 heterocycles. The molecule has 108 valence electrons. The summed E-state index contributed by atoms with van der Waals surface area (Å²) in [5, 5.41) is -0.340. The largest absolute Gasteiger partial charge is 0.573 e. The summed E-state index contributed by atoms with van der Waals surface area (Å²) < 4.78 is 82.8. The van der Waals surface area contributed by atoms with Crippen LogP contribution in [0.4, 0.5) is 26.3 Å². The molecule has 3 nitrogen and oxygen atoms in total. The predicted molar refractivity (Wildman–Crippen MR) is 55.1 cm³/mol. The molecule has 0 amide bonds. The summed E-state index contributed by atoms with van der Waals surface area (Å²) in [4.78, 5) is 3.35. The summed E-state index contributed by atoms with van der Waals surface area (Å²) in [6, 6.07) is 0. The normalized spacial score (nSPS) is 12.4. The molecule has 0 radical (unpaired) electrons. The highest BCUT2D eigenvalue weighted by molar-refractivity contribution is 9.08. The maximum absolute atomic E-state index is 12.8. The summed E-state index contributed by atoms with van der Waals surface area (Å²) in [5.41, 5.74) is -2.07. The molecule has 0 aliphatic heterocycles. The van der Waals surface area contributed by atoms with Crippen LogP contribution in [0.15, 0.2) is 6.20 Å². The highest BCUT2D eigenvalue weighted by Crippen LogP contribution is 2.45. The zero-order chi connectivity index (χ0) is 14.8. The number of pyridine rings is 1. The van der Waals surface area contributed by atoms with E-state index in [1.54, 1.807) is 0 Å². The van der Waals surface area contributed by atoms with E-state index >= 15 is 0 Å². The highest BCUT2D eigenvalue weighted by Gasteiger charge is 2.43. The van der Waals surface area contributed by atoms with Crippen molar-refractivity contribution in [1.29, 1.82) is 0 Å². The number of methoxy groups -OCH3 is 1.